The monoisotopic (exact) mass is 295 g/mol. The lowest BCUT2D eigenvalue weighted by atomic mass is 9.77. The topological polar surface area (TPSA) is 50.7 Å². The molecule has 2 aliphatic heterocycles. The van der Waals surface area contributed by atoms with Crippen molar-refractivity contribution in [3.8, 4) is 0 Å². The first kappa shape index (κ1) is 12.9. The number of benzene rings is 1. The Morgan fingerprint density at radius 3 is 2.70 bits per heavy atom. The molecule has 0 unspecified atom stereocenters. The summed E-state index contributed by atoms with van der Waals surface area (Å²) in [5, 5.41) is 13.8. The van der Waals surface area contributed by atoms with Crippen LogP contribution < -0.4 is 5.32 Å². The maximum Gasteiger partial charge on any atom is 0.163 e. The molecule has 3 aliphatic rings. The highest BCUT2D eigenvalue weighted by atomic mass is 35.5. The molecule has 0 bridgehead atoms. The molecule has 1 aromatic carbocycles. The van der Waals surface area contributed by atoms with E-state index < -0.39 is 11.9 Å². The van der Waals surface area contributed by atoms with Gasteiger partial charge in [-0.2, -0.15) is 0 Å². The van der Waals surface area contributed by atoms with E-state index in [1.165, 1.54) is 0 Å². The predicted molar refractivity (Wildman–Crippen MR) is 76.1 cm³/mol. The molecule has 108 valence electrons. The van der Waals surface area contributed by atoms with E-state index in [2.05, 4.69) is 11.4 Å². The van der Waals surface area contributed by atoms with Gasteiger partial charge in [-0.25, -0.2) is 0 Å². The second-order valence-corrected chi connectivity index (χ2v) is 6.79. The third-order valence-electron chi connectivity index (χ3n) is 4.55. The highest BCUT2D eigenvalue weighted by molar-refractivity contribution is 6.22. The molecule has 0 aromatic heterocycles. The van der Waals surface area contributed by atoms with Crippen LogP contribution in [0.15, 0.2) is 24.3 Å². The average molecular weight is 296 g/mol. The van der Waals surface area contributed by atoms with Gasteiger partial charge in [0.25, 0.3) is 0 Å². The van der Waals surface area contributed by atoms with Crippen molar-refractivity contribution < 1.29 is 14.6 Å². The number of alkyl halides is 1. The number of ether oxygens (including phenoxy) is 2. The first-order valence-electron chi connectivity index (χ1n) is 7.01. The van der Waals surface area contributed by atoms with Gasteiger partial charge in [-0.05, 0) is 25.5 Å². The molecular weight excluding hydrogens is 278 g/mol. The molecule has 5 heteroatoms. The highest BCUT2D eigenvalue weighted by Gasteiger charge is 2.59. The van der Waals surface area contributed by atoms with Gasteiger partial charge in [0.05, 0.1) is 11.4 Å². The van der Waals surface area contributed by atoms with Crippen LogP contribution in [0.3, 0.4) is 0 Å². The van der Waals surface area contributed by atoms with E-state index in [0.717, 1.165) is 11.3 Å². The minimum Gasteiger partial charge on any atom is -0.388 e. The maximum atomic E-state index is 10.6. The Hall–Kier alpha value is -0.810. The zero-order chi connectivity index (χ0) is 14.1. The van der Waals surface area contributed by atoms with Crippen LogP contribution in [0.4, 0.5) is 5.69 Å². The van der Waals surface area contributed by atoms with E-state index in [1.807, 2.05) is 32.0 Å². The van der Waals surface area contributed by atoms with Gasteiger partial charge in [0, 0.05) is 11.6 Å². The minimum absolute atomic E-state index is 0.0432. The van der Waals surface area contributed by atoms with E-state index in [-0.39, 0.29) is 29.5 Å². The number of rotatable bonds is 0. The number of nitrogens with one attached hydrogen (secondary N) is 1. The van der Waals surface area contributed by atoms with Gasteiger partial charge >= 0.3 is 0 Å². The van der Waals surface area contributed by atoms with Crippen LogP contribution in [-0.2, 0) is 9.47 Å². The Labute approximate surface area is 123 Å². The first-order valence-corrected chi connectivity index (χ1v) is 7.45. The van der Waals surface area contributed by atoms with E-state index in [4.69, 9.17) is 21.1 Å². The largest absolute Gasteiger partial charge is 0.388 e. The molecule has 1 saturated heterocycles. The number of fused-ring (bicyclic) bond motifs is 4. The van der Waals surface area contributed by atoms with Crippen molar-refractivity contribution in [3.05, 3.63) is 29.8 Å². The zero-order valence-corrected chi connectivity index (χ0v) is 12.2. The Balaban J connectivity index is 1.74. The number of hydrogen-bond donors (Lipinski definition) is 2. The number of aliphatic hydroxyl groups excluding tert-OH is 1. The molecule has 4 nitrogen and oxygen atoms in total. The average Bonchev–Trinajstić information content (AvgIpc) is 2.94. The molecule has 2 fully saturated rings. The number of para-hydroxylation sites is 1. The van der Waals surface area contributed by atoms with Crippen molar-refractivity contribution >= 4 is 17.3 Å². The lowest BCUT2D eigenvalue weighted by molar-refractivity contribution is -0.153. The molecule has 6 atom stereocenters. The van der Waals surface area contributed by atoms with Gasteiger partial charge in [-0.15, -0.1) is 11.6 Å². The summed E-state index contributed by atoms with van der Waals surface area (Å²) >= 11 is 6.68. The van der Waals surface area contributed by atoms with Crippen LogP contribution in [-0.4, -0.2) is 40.6 Å². The molecule has 2 heterocycles. The molecule has 1 aliphatic carbocycles. The normalized spacial score (nSPS) is 44.4. The van der Waals surface area contributed by atoms with Crippen LogP contribution in [0, 0.1) is 0 Å². The van der Waals surface area contributed by atoms with Gasteiger partial charge in [-0.1, -0.05) is 18.2 Å². The molecule has 1 saturated carbocycles. The van der Waals surface area contributed by atoms with Crippen LogP contribution >= 0.6 is 11.6 Å². The fourth-order valence-electron chi connectivity index (χ4n) is 3.79. The number of anilines is 1. The summed E-state index contributed by atoms with van der Waals surface area (Å²) in [6, 6.07) is 7.95. The quantitative estimate of drug-likeness (QED) is 0.720. The summed E-state index contributed by atoms with van der Waals surface area (Å²) in [6.07, 6.45) is -1.29. The molecule has 2 N–H and O–H groups in total. The standard InChI is InChI=1S/C15H18ClNO3/c1-15(2)19-13-10(16)9-7-5-3-4-6-8(7)17-11(9)12(18)14(13)20-15/h3-6,9-14,17-18H,1-2H3/t9-,10+,11-,12+,13+,14-/m0/s1. The third kappa shape index (κ3) is 1.65. The predicted octanol–water partition coefficient (Wildman–Crippen LogP) is 2.07. The van der Waals surface area contributed by atoms with Crippen molar-refractivity contribution in [2.75, 3.05) is 5.32 Å². The highest BCUT2D eigenvalue weighted by Crippen LogP contribution is 2.50. The lowest BCUT2D eigenvalue weighted by Gasteiger charge is -2.40. The summed E-state index contributed by atoms with van der Waals surface area (Å²) < 4.78 is 11.8. The number of hydrogen-bond acceptors (Lipinski definition) is 4. The first-order chi connectivity index (χ1) is 9.48. The fourth-order valence-corrected chi connectivity index (χ4v) is 4.27. The smallest absolute Gasteiger partial charge is 0.163 e. The summed E-state index contributed by atoms with van der Waals surface area (Å²) in [7, 11) is 0. The van der Waals surface area contributed by atoms with Gasteiger partial charge in [-0.3, -0.25) is 0 Å². The summed E-state index contributed by atoms with van der Waals surface area (Å²) in [6.45, 7) is 3.72. The van der Waals surface area contributed by atoms with E-state index in [1.54, 1.807) is 0 Å². The van der Waals surface area contributed by atoms with Gasteiger partial charge in [0.1, 0.15) is 18.3 Å². The third-order valence-corrected chi connectivity index (χ3v) is 5.07. The lowest BCUT2D eigenvalue weighted by Crippen LogP contribution is -2.57. The molecule has 1 aromatic rings. The van der Waals surface area contributed by atoms with Gasteiger partial charge < -0.3 is 19.9 Å². The molecule has 0 spiro atoms. The summed E-state index contributed by atoms with van der Waals surface area (Å²) in [5.74, 6) is -0.650. The van der Waals surface area contributed by atoms with Crippen molar-refractivity contribution in [3.63, 3.8) is 0 Å². The Morgan fingerprint density at radius 1 is 1.20 bits per heavy atom. The molecule has 0 amide bonds. The summed E-state index contributed by atoms with van der Waals surface area (Å²) in [5.41, 5.74) is 2.20. The van der Waals surface area contributed by atoms with E-state index >= 15 is 0 Å². The second kappa shape index (κ2) is 4.10. The minimum atomic E-state index is -0.693. The van der Waals surface area contributed by atoms with Crippen molar-refractivity contribution in [1.29, 1.82) is 0 Å². The number of aliphatic hydroxyl groups is 1. The van der Waals surface area contributed by atoms with Crippen LogP contribution in [0.2, 0.25) is 0 Å². The fraction of sp³-hybridized carbons (Fsp3) is 0.600. The zero-order valence-electron chi connectivity index (χ0n) is 11.4. The van der Waals surface area contributed by atoms with Crippen LogP contribution in [0.5, 0.6) is 0 Å². The van der Waals surface area contributed by atoms with Crippen LogP contribution in [0.25, 0.3) is 0 Å². The molecule has 20 heavy (non-hydrogen) atoms. The Kier molecular flexibility index (Phi) is 2.65. The van der Waals surface area contributed by atoms with E-state index in [9.17, 15) is 5.11 Å². The maximum absolute atomic E-state index is 10.6. The second-order valence-electron chi connectivity index (χ2n) is 6.28. The molecule has 4 rings (SSSR count). The van der Waals surface area contributed by atoms with Crippen molar-refractivity contribution in [1.82, 2.24) is 0 Å². The van der Waals surface area contributed by atoms with Crippen molar-refractivity contribution in [2.24, 2.45) is 0 Å². The molecular formula is C15H18ClNO3. The number of halogens is 1. The molecule has 0 radical (unpaired) electrons. The Bertz CT molecular complexity index is 550. The van der Waals surface area contributed by atoms with Gasteiger partial charge in [0.2, 0.25) is 0 Å². The van der Waals surface area contributed by atoms with Crippen molar-refractivity contribution in [2.45, 2.75) is 55.3 Å². The van der Waals surface area contributed by atoms with E-state index in [0.29, 0.717) is 0 Å². The Morgan fingerprint density at radius 2 is 1.90 bits per heavy atom. The SMILES string of the molecule is CC1(C)O[C@@H]2[C@H](Cl)[C@@H]3c4ccccc4N[C@@H]3[C@@H](O)[C@@H]2O1. The van der Waals surface area contributed by atoms with Gasteiger partial charge in [0.15, 0.2) is 5.79 Å². The summed E-state index contributed by atoms with van der Waals surface area (Å²) in [4.78, 5) is 0. The van der Waals surface area contributed by atoms with Crippen LogP contribution in [0.1, 0.15) is 25.3 Å².